The summed E-state index contributed by atoms with van der Waals surface area (Å²) in [6.07, 6.45) is 4.72. The Hall–Kier alpha value is -3.70. The minimum absolute atomic E-state index is 0.182. The normalized spacial score (nSPS) is 14.7. The molecule has 0 spiro atoms. The third-order valence-corrected chi connectivity index (χ3v) is 6.56. The van der Waals surface area contributed by atoms with Crippen LogP contribution >= 0.6 is 0 Å². The number of carbonyl (C=O) groups excluding carboxylic acids is 1. The Kier molecular flexibility index (Phi) is 14.4. The maximum atomic E-state index is 13.2. The van der Waals surface area contributed by atoms with Gasteiger partial charge in [0.1, 0.15) is 5.75 Å². The minimum atomic E-state index is -0.993. The van der Waals surface area contributed by atoms with Crippen LogP contribution in [0.1, 0.15) is 36.1 Å². The summed E-state index contributed by atoms with van der Waals surface area (Å²) >= 11 is 0. The number of carboxylic acid groups (broad SMARTS) is 1. The van der Waals surface area contributed by atoms with Crippen molar-refractivity contribution in [3.63, 3.8) is 0 Å². The Balaban J connectivity index is 1.44. The molecule has 1 aromatic heterocycles. The largest absolute Gasteiger partial charge is 0.494 e. The number of hydrogen-bond donors (Lipinski definition) is 1. The summed E-state index contributed by atoms with van der Waals surface area (Å²) in [5.74, 6) is -1.07. The molecule has 0 saturated heterocycles. The summed E-state index contributed by atoms with van der Waals surface area (Å²) in [7, 11) is 0. The van der Waals surface area contributed by atoms with E-state index in [1.165, 1.54) is 0 Å². The number of carbonyl (C=O) groups is 2. The first-order chi connectivity index (χ1) is 20.1. The van der Waals surface area contributed by atoms with Crippen LogP contribution in [0.25, 0.3) is 10.4 Å². The van der Waals surface area contributed by atoms with E-state index >= 15 is 0 Å². The van der Waals surface area contributed by atoms with E-state index in [2.05, 4.69) is 15.0 Å². The molecule has 2 aromatic rings. The van der Waals surface area contributed by atoms with Crippen LogP contribution < -0.4 is 4.74 Å². The van der Waals surface area contributed by atoms with Crippen molar-refractivity contribution in [1.82, 2.24) is 9.88 Å². The second-order valence-corrected chi connectivity index (χ2v) is 9.61. The van der Waals surface area contributed by atoms with Gasteiger partial charge in [-0.1, -0.05) is 17.2 Å². The fourth-order valence-electron chi connectivity index (χ4n) is 4.50. The lowest BCUT2D eigenvalue weighted by Crippen LogP contribution is -2.37. The summed E-state index contributed by atoms with van der Waals surface area (Å²) in [6, 6.07) is 11.7. The Morgan fingerprint density at radius 2 is 1.80 bits per heavy atom. The molecule has 222 valence electrons. The van der Waals surface area contributed by atoms with Gasteiger partial charge >= 0.3 is 5.97 Å². The van der Waals surface area contributed by atoms with Gasteiger partial charge in [-0.2, -0.15) is 0 Å². The van der Waals surface area contributed by atoms with Crippen molar-refractivity contribution in [2.45, 2.75) is 38.6 Å². The number of aliphatic carboxylic acids is 1. The summed E-state index contributed by atoms with van der Waals surface area (Å²) in [6.45, 7) is 3.75. The number of pyridine rings is 1. The number of rotatable bonds is 20. The zero-order valence-corrected chi connectivity index (χ0v) is 23.4. The number of ether oxygens (including phenoxy) is 4. The van der Waals surface area contributed by atoms with Gasteiger partial charge in [-0.25, -0.2) is 0 Å². The van der Waals surface area contributed by atoms with E-state index < -0.39 is 11.9 Å². The molecule has 0 radical (unpaired) electrons. The number of unbranched alkanes of at least 4 members (excludes halogenated alkanes) is 1. The summed E-state index contributed by atoms with van der Waals surface area (Å²) < 4.78 is 22.4. The molecule has 0 bridgehead atoms. The second-order valence-electron chi connectivity index (χ2n) is 9.61. The first-order valence-electron chi connectivity index (χ1n) is 14.0. The number of aryl methyl sites for hydroxylation is 1. The van der Waals surface area contributed by atoms with Crippen molar-refractivity contribution < 1.29 is 33.6 Å². The van der Waals surface area contributed by atoms with Gasteiger partial charge in [0.05, 0.1) is 58.6 Å². The number of carboxylic acids is 1. The van der Waals surface area contributed by atoms with Gasteiger partial charge in [-0.05, 0) is 66.6 Å². The van der Waals surface area contributed by atoms with Crippen LogP contribution in [0.5, 0.6) is 5.75 Å². The summed E-state index contributed by atoms with van der Waals surface area (Å²) in [4.78, 5) is 33.4. The van der Waals surface area contributed by atoms with Crippen LogP contribution in [0.2, 0.25) is 0 Å². The predicted molar refractivity (Wildman–Crippen MR) is 150 cm³/mol. The standard InChI is InChI=1S/C29H39N5O7/c30-33-32-10-13-38-15-17-40-18-16-39-14-11-34-22-25-20-27(41-12-4-2-6-26-5-1-3-9-31-26)8-7-23(25)19-24(29(34)37)21-28(35)36/h1,3,5,7-9,20,24H,2,4,6,10-19,21-22H2,(H,35,36)/t24-/m0/s1. The van der Waals surface area contributed by atoms with Gasteiger partial charge < -0.3 is 29.0 Å². The number of hydrogen-bond acceptors (Lipinski definition) is 8. The molecule has 12 nitrogen and oxygen atoms in total. The van der Waals surface area contributed by atoms with Crippen LogP contribution in [0.15, 0.2) is 47.7 Å². The molecule has 2 heterocycles. The summed E-state index contributed by atoms with van der Waals surface area (Å²) in [5.41, 5.74) is 11.2. The van der Waals surface area contributed by atoms with Crippen molar-refractivity contribution in [2.24, 2.45) is 11.0 Å². The first kappa shape index (κ1) is 31.8. The molecule has 12 heteroatoms. The van der Waals surface area contributed by atoms with Crippen LogP contribution in [0.3, 0.4) is 0 Å². The molecule has 41 heavy (non-hydrogen) atoms. The average molecular weight is 570 g/mol. The topological polar surface area (TPSA) is 156 Å². The van der Waals surface area contributed by atoms with Crippen molar-refractivity contribution in [3.05, 3.63) is 69.9 Å². The third kappa shape index (κ3) is 12.1. The van der Waals surface area contributed by atoms with E-state index in [1.54, 1.807) is 11.1 Å². The number of benzene rings is 1. The average Bonchev–Trinajstić information content (AvgIpc) is 3.09. The van der Waals surface area contributed by atoms with Crippen molar-refractivity contribution in [1.29, 1.82) is 0 Å². The molecule has 1 aromatic carbocycles. The molecule has 1 amide bonds. The highest BCUT2D eigenvalue weighted by atomic mass is 16.5. The molecule has 1 aliphatic rings. The van der Waals surface area contributed by atoms with Gasteiger partial charge in [0.25, 0.3) is 0 Å². The van der Waals surface area contributed by atoms with E-state index in [0.29, 0.717) is 65.8 Å². The number of fused-ring (bicyclic) bond motifs is 1. The Labute approximate surface area is 240 Å². The highest BCUT2D eigenvalue weighted by Gasteiger charge is 2.31. The van der Waals surface area contributed by atoms with E-state index in [-0.39, 0.29) is 18.9 Å². The molecule has 3 rings (SSSR count). The lowest BCUT2D eigenvalue weighted by molar-refractivity contribution is -0.145. The molecule has 0 saturated carbocycles. The Morgan fingerprint density at radius 3 is 2.54 bits per heavy atom. The lowest BCUT2D eigenvalue weighted by Gasteiger charge is -2.24. The zero-order valence-electron chi connectivity index (χ0n) is 23.4. The summed E-state index contributed by atoms with van der Waals surface area (Å²) in [5, 5.41) is 12.8. The quantitative estimate of drug-likeness (QED) is 0.109. The fraction of sp³-hybridized carbons (Fsp3) is 0.552. The highest BCUT2D eigenvalue weighted by molar-refractivity contribution is 5.84. The van der Waals surface area contributed by atoms with Gasteiger partial charge in [-0.3, -0.25) is 14.6 Å². The van der Waals surface area contributed by atoms with Gasteiger partial charge in [-0.15, -0.1) is 0 Å². The van der Waals surface area contributed by atoms with Crippen LogP contribution in [0.4, 0.5) is 0 Å². The lowest BCUT2D eigenvalue weighted by atomic mass is 9.94. The van der Waals surface area contributed by atoms with Crippen LogP contribution in [0, 0.1) is 5.92 Å². The minimum Gasteiger partial charge on any atom is -0.494 e. The van der Waals surface area contributed by atoms with Crippen molar-refractivity contribution in [2.75, 3.05) is 59.3 Å². The SMILES string of the molecule is [N-]=[N+]=NCCOCCOCCOCCN1Cc2cc(OCCCCc3ccccn3)ccc2C[C@@H](CC(=O)O)C1=O. The zero-order chi connectivity index (χ0) is 29.1. The first-order valence-corrected chi connectivity index (χ1v) is 14.0. The number of nitrogens with zero attached hydrogens (tertiary/aromatic N) is 5. The molecule has 1 N–H and O–H groups in total. The predicted octanol–water partition coefficient (Wildman–Crippen LogP) is 3.82. The monoisotopic (exact) mass is 569 g/mol. The second kappa shape index (κ2) is 18.6. The molecule has 0 unspecified atom stereocenters. The van der Waals surface area contributed by atoms with Crippen LogP contribution in [-0.2, 0) is 43.2 Å². The van der Waals surface area contributed by atoms with E-state index in [1.807, 2.05) is 36.4 Å². The molecule has 0 fully saturated rings. The number of amides is 1. The maximum absolute atomic E-state index is 13.2. The van der Waals surface area contributed by atoms with Crippen LogP contribution in [-0.4, -0.2) is 86.2 Å². The fourth-order valence-corrected chi connectivity index (χ4v) is 4.50. The Morgan fingerprint density at radius 1 is 1.02 bits per heavy atom. The van der Waals surface area contributed by atoms with Crippen molar-refractivity contribution >= 4 is 11.9 Å². The molecule has 1 atom stereocenters. The maximum Gasteiger partial charge on any atom is 0.304 e. The highest BCUT2D eigenvalue weighted by Crippen LogP contribution is 2.28. The molecule has 0 aliphatic carbocycles. The third-order valence-electron chi connectivity index (χ3n) is 6.56. The van der Waals surface area contributed by atoms with E-state index in [0.717, 1.165) is 41.8 Å². The molecular weight excluding hydrogens is 530 g/mol. The number of azide groups is 1. The number of aromatic nitrogens is 1. The molecule has 1 aliphatic heterocycles. The van der Waals surface area contributed by atoms with Gasteiger partial charge in [0.2, 0.25) is 5.91 Å². The van der Waals surface area contributed by atoms with E-state index in [4.69, 9.17) is 24.5 Å². The van der Waals surface area contributed by atoms with E-state index in [9.17, 15) is 14.7 Å². The smallest absolute Gasteiger partial charge is 0.304 e. The van der Waals surface area contributed by atoms with Gasteiger partial charge in [0.15, 0.2) is 0 Å². The van der Waals surface area contributed by atoms with Gasteiger partial charge in [0, 0.05) is 36.4 Å². The Bertz CT molecular complexity index is 1130. The molecular formula is C29H39N5O7. The van der Waals surface area contributed by atoms with Crippen molar-refractivity contribution in [3.8, 4) is 5.75 Å².